The minimum Gasteiger partial charge on any atom is -0.443 e. The second-order valence-electron chi connectivity index (χ2n) is 7.69. The van der Waals surface area contributed by atoms with E-state index < -0.39 is 58.8 Å². The lowest BCUT2D eigenvalue weighted by molar-refractivity contribution is -0.130. The fourth-order valence-electron chi connectivity index (χ4n) is 2.70. The average molecular weight is 417 g/mol. The van der Waals surface area contributed by atoms with Crippen molar-refractivity contribution in [3.05, 3.63) is 0 Å². The standard InChI is InChI=1S/C16H26F3NO6S/c1-10-8-12(25-13(10)11(2)21)9-20(14(22)26-15(3,4)5)27(23,24)7-6-16(17,18)19/h10,12-13H,6-9H2,1-5H3/t10-,12-,13+/m0/s1. The molecule has 0 aliphatic carbocycles. The van der Waals surface area contributed by atoms with E-state index in [1.807, 2.05) is 0 Å². The van der Waals surface area contributed by atoms with Crippen LogP contribution in [0.2, 0.25) is 0 Å². The summed E-state index contributed by atoms with van der Waals surface area (Å²) in [4.78, 5) is 23.9. The van der Waals surface area contributed by atoms with Crippen LogP contribution in [0.1, 0.15) is 47.5 Å². The lowest BCUT2D eigenvalue weighted by Gasteiger charge is -2.28. The van der Waals surface area contributed by atoms with Crippen molar-refractivity contribution in [2.75, 3.05) is 12.3 Å². The molecule has 0 radical (unpaired) electrons. The second-order valence-corrected chi connectivity index (χ2v) is 9.71. The van der Waals surface area contributed by atoms with Gasteiger partial charge in [0.15, 0.2) is 5.78 Å². The van der Waals surface area contributed by atoms with Crippen LogP contribution < -0.4 is 0 Å². The van der Waals surface area contributed by atoms with Gasteiger partial charge >= 0.3 is 12.3 Å². The van der Waals surface area contributed by atoms with Crippen LogP contribution in [-0.2, 0) is 24.3 Å². The molecule has 0 saturated carbocycles. The first-order valence-corrected chi connectivity index (χ1v) is 10.1. The van der Waals surface area contributed by atoms with Gasteiger partial charge in [0.1, 0.15) is 11.7 Å². The van der Waals surface area contributed by atoms with Crippen LogP contribution in [0.5, 0.6) is 0 Å². The Bertz CT molecular complexity index is 656. The van der Waals surface area contributed by atoms with Crippen LogP contribution >= 0.6 is 0 Å². The number of carbonyl (C=O) groups excluding carboxylic acids is 2. The van der Waals surface area contributed by atoms with E-state index >= 15 is 0 Å². The van der Waals surface area contributed by atoms with Crippen molar-refractivity contribution in [2.45, 2.75) is 71.4 Å². The van der Waals surface area contributed by atoms with Crippen LogP contribution in [0, 0.1) is 5.92 Å². The molecule has 0 aromatic rings. The molecule has 7 nitrogen and oxygen atoms in total. The SMILES string of the molecule is CC(=O)[C@@H]1O[C@H](CN(C(=O)OC(C)(C)C)S(=O)(=O)CCC(F)(F)F)C[C@@H]1C. The van der Waals surface area contributed by atoms with E-state index in [1.54, 1.807) is 6.92 Å². The molecule has 1 fully saturated rings. The van der Waals surface area contributed by atoms with Crippen molar-refractivity contribution in [3.8, 4) is 0 Å². The third-order valence-corrected chi connectivity index (χ3v) is 5.53. The monoisotopic (exact) mass is 417 g/mol. The summed E-state index contributed by atoms with van der Waals surface area (Å²) >= 11 is 0. The quantitative estimate of drug-likeness (QED) is 0.660. The minimum absolute atomic E-state index is 0.203. The number of rotatable bonds is 6. The maximum Gasteiger partial charge on any atom is 0.424 e. The Morgan fingerprint density at radius 3 is 2.19 bits per heavy atom. The predicted octanol–water partition coefficient (Wildman–Crippen LogP) is 2.89. The fraction of sp³-hybridized carbons (Fsp3) is 0.875. The largest absolute Gasteiger partial charge is 0.443 e. The first-order chi connectivity index (χ1) is 12.0. The molecule has 0 bridgehead atoms. The summed E-state index contributed by atoms with van der Waals surface area (Å²) in [6.45, 7) is 7.07. The van der Waals surface area contributed by atoms with E-state index in [0.717, 1.165) is 0 Å². The van der Waals surface area contributed by atoms with E-state index in [0.29, 0.717) is 6.42 Å². The van der Waals surface area contributed by atoms with E-state index in [2.05, 4.69) is 0 Å². The number of ketones is 1. The molecule has 1 heterocycles. The topological polar surface area (TPSA) is 90.0 Å². The van der Waals surface area contributed by atoms with Gasteiger partial charge in [-0.2, -0.15) is 13.2 Å². The van der Waals surface area contributed by atoms with Crippen molar-refractivity contribution >= 4 is 21.9 Å². The van der Waals surface area contributed by atoms with Gasteiger partial charge in [-0.1, -0.05) is 6.92 Å². The van der Waals surface area contributed by atoms with Crippen molar-refractivity contribution in [1.82, 2.24) is 4.31 Å². The number of hydrogen-bond acceptors (Lipinski definition) is 6. The first-order valence-electron chi connectivity index (χ1n) is 8.48. The fourth-order valence-corrected chi connectivity index (χ4v) is 4.07. The number of amides is 1. The number of alkyl halides is 3. The van der Waals surface area contributed by atoms with E-state index in [-0.39, 0.29) is 16.0 Å². The molecule has 27 heavy (non-hydrogen) atoms. The predicted molar refractivity (Wildman–Crippen MR) is 90.5 cm³/mol. The molecule has 0 spiro atoms. The number of nitrogens with zero attached hydrogens (tertiary/aromatic N) is 1. The molecule has 3 atom stereocenters. The van der Waals surface area contributed by atoms with Gasteiger partial charge in [0.05, 0.1) is 24.8 Å². The molecule has 0 aromatic carbocycles. The number of ether oxygens (including phenoxy) is 2. The average Bonchev–Trinajstić information content (AvgIpc) is 2.81. The molecule has 11 heteroatoms. The Morgan fingerprint density at radius 2 is 1.78 bits per heavy atom. The summed E-state index contributed by atoms with van der Waals surface area (Å²) in [6, 6.07) is 0. The number of Topliss-reactive ketones (excluding diaryl/α,β-unsaturated/α-hetero) is 1. The van der Waals surface area contributed by atoms with Gasteiger partial charge in [-0.25, -0.2) is 17.5 Å². The molecule has 1 aliphatic rings. The maximum absolute atomic E-state index is 12.5. The van der Waals surface area contributed by atoms with E-state index in [4.69, 9.17) is 9.47 Å². The normalized spacial score (nSPS) is 23.9. The van der Waals surface area contributed by atoms with Gasteiger partial charge in [-0.05, 0) is 40.0 Å². The smallest absolute Gasteiger partial charge is 0.424 e. The Morgan fingerprint density at radius 1 is 1.22 bits per heavy atom. The third kappa shape index (κ3) is 7.65. The summed E-state index contributed by atoms with van der Waals surface area (Å²) < 4.78 is 73.0. The zero-order valence-electron chi connectivity index (χ0n) is 16.0. The van der Waals surface area contributed by atoms with Crippen molar-refractivity contribution in [1.29, 1.82) is 0 Å². The van der Waals surface area contributed by atoms with Crippen LogP contribution in [0.25, 0.3) is 0 Å². The number of sulfonamides is 1. The van der Waals surface area contributed by atoms with Gasteiger partial charge in [-0.3, -0.25) is 4.79 Å². The Balaban J connectivity index is 3.01. The van der Waals surface area contributed by atoms with Gasteiger partial charge < -0.3 is 9.47 Å². The van der Waals surface area contributed by atoms with Crippen molar-refractivity contribution in [3.63, 3.8) is 0 Å². The molecule has 0 aromatic heterocycles. The summed E-state index contributed by atoms with van der Waals surface area (Å²) in [5.41, 5.74) is -1.04. The highest BCUT2D eigenvalue weighted by Gasteiger charge is 2.41. The highest BCUT2D eigenvalue weighted by molar-refractivity contribution is 7.89. The number of hydrogen-bond donors (Lipinski definition) is 0. The molecule has 0 unspecified atom stereocenters. The molecule has 1 amide bonds. The van der Waals surface area contributed by atoms with Gasteiger partial charge in [-0.15, -0.1) is 0 Å². The van der Waals surface area contributed by atoms with E-state index in [9.17, 15) is 31.2 Å². The van der Waals surface area contributed by atoms with Gasteiger partial charge in [0.2, 0.25) is 10.0 Å². The summed E-state index contributed by atoms with van der Waals surface area (Å²) in [5, 5.41) is 0. The van der Waals surface area contributed by atoms with Gasteiger partial charge in [0, 0.05) is 0 Å². The lowest BCUT2D eigenvalue weighted by atomic mass is 9.99. The number of halogens is 3. The first kappa shape index (κ1) is 23.7. The summed E-state index contributed by atoms with van der Waals surface area (Å²) in [7, 11) is -4.60. The molecular weight excluding hydrogens is 391 g/mol. The molecule has 1 saturated heterocycles. The Kier molecular flexibility index (Phi) is 7.31. The maximum atomic E-state index is 12.5. The zero-order chi connectivity index (χ0) is 21.2. The lowest BCUT2D eigenvalue weighted by Crippen LogP contribution is -2.46. The van der Waals surface area contributed by atoms with Crippen LogP contribution in [0.4, 0.5) is 18.0 Å². The van der Waals surface area contributed by atoms with Crippen LogP contribution in [0.15, 0.2) is 0 Å². The highest BCUT2D eigenvalue weighted by atomic mass is 32.2. The van der Waals surface area contributed by atoms with Crippen molar-refractivity contribution in [2.24, 2.45) is 5.92 Å². The van der Waals surface area contributed by atoms with Crippen LogP contribution in [-0.4, -0.2) is 60.9 Å². The molecule has 0 N–H and O–H groups in total. The summed E-state index contributed by atoms with van der Waals surface area (Å²) in [6.07, 6.45) is -8.81. The third-order valence-electron chi connectivity index (χ3n) is 3.84. The zero-order valence-corrected chi connectivity index (χ0v) is 16.8. The summed E-state index contributed by atoms with van der Waals surface area (Å²) in [5.74, 6) is -1.73. The molecule has 1 aliphatic heterocycles. The van der Waals surface area contributed by atoms with Gasteiger partial charge in [0.25, 0.3) is 0 Å². The molecule has 1 rings (SSSR count). The second kappa shape index (κ2) is 8.34. The van der Waals surface area contributed by atoms with E-state index in [1.165, 1.54) is 27.7 Å². The van der Waals surface area contributed by atoms with Crippen LogP contribution in [0.3, 0.4) is 0 Å². The molecular formula is C16H26F3NO6S. The highest BCUT2D eigenvalue weighted by Crippen LogP contribution is 2.29. The molecule has 158 valence electrons. The Hall–Kier alpha value is -1.36. The number of carbonyl (C=O) groups is 2. The minimum atomic E-state index is -4.69. The Labute approximate surface area is 157 Å². The van der Waals surface area contributed by atoms with Crippen molar-refractivity contribution < 1.29 is 40.7 Å².